The van der Waals surface area contributed by atoms with Crippen molar-refractivity contribution in [2.24, 2.45) is 0 Å². The molecule has 0 spiro atoms. The third-order valence-electron chi connectivity index (χ3n) is 3.60. The number of rotatable bonds is 6. The summed E-state index contributed by atoms with van der Waals surface area (Å²) >= 11 is 1.68. The summed E-state index contributed by atoms with van der Waals surface area (Å²) in [6.07, 6.45) is 7.66. The van der Waals surface area contributed by atoms with Crippen molar-refractivity contribution in [1.29, 1.82) is 0 Å². The van der Waals surface area contributed by atoms with Gasteiger partial charge in [0.15, 0.2) is 11.5 Å². The van der Waals surface area contributed by atoms with Gasteiger partial charge in [-0.05, 0) is 42.4 Å². The molecule has 0 bridgehead atoms. The van der Waals surface area contributed by atoms with E-state index in [-0.39, 0.29) is 0 Å². The summed E-state index contributed by atoms with van der Waals surface area (Å²) in [5, 5.41) is 7.39. The van der Waals surface area contributed by atoms with Crippen LogP contribution in [0.25, 0.3) is 11.2 Å². The number of allylic oxidation sites excluding steroid dienone is 1. The van der Waals surface area contributed by atoms with E-state index in [0.29, 0.717) is 0 Å². The Bertz CT molecular complexity index is 899. The molecule has 2 heterocycles. The maximum Gasteiger partial charge on any atom is 0.180 e. The molecule has 7 heteroatoms. The number of thioether (sulfide) groups is 1. The second-order valence-corrected chi connectivity index (χ2v) is 6.57. The molecule has 3 aromatic rings. The lowest BCUT2D eigenvalue weighted by molar-refractivity contribution is 0.495. The van der Waals surface area contributed by atoms with Gasteiger partial charge in [0.05, 0.1) is 17.6 Å². The zero-order valence-electron chi connectivity index (χ0n) is 14.8. The minimum atomic E-state index is 0.729. The van der Waals surface area contributed by atoms with Crippen LogP contribution in [-0.4, -0.2) is 39.7 Å². The van der Waals surface area contributed by atoms with Gasteiger partial charge in [0.2, 0.25) is 0 Å². The van der Waals surface area contributed by atoms with Crippen LogP contribution in [0.3, 0.4) is 0 Å². The molecule has 130 valence electrons. The first-order valence-corrected chi connectivity index (χ1v) is 9.20. The molecule has 2 aromatic heterocycles. The number of hydrogen-bond donors (Lipinski definition) is 2. The van der Waals surface area contributed by atoms with E-state index in [4.69, 9.17) is 0 Å². The fourth-order valence-electron chi connectivity index (χ4n) is 2.60. The molecule has 0 unspecified atom stereocenters. The van der Waals surface area contributed by atoms with Gasteiger partial charge in [0.25, 0.3) is 0 Å². The minimum absolute atomic E-state index is 0.729. The van der Waals surface area contributed by atoms with Gasteiger partial charge < -0.3 is 10.7 Å². The number of nitrogens with one attached hydrogen (secondary N) is 2. The van der Waals surface area contributed by atoms with E-state index in [2.05, 4.69) is 43.7 Å². The highest BCUT2D eigenvalue weighted by atomic mass is 32.2. The molecule has 0 saturated heterocycles. The van der Waals surface area contributed by atoms with Crippen LogP contribution in [0.1, 0.15) is 12.6 Å². The summed E-state index contributed by atoms with van der Waals surface area (Å²) < 4.78 is 2.05. The van der Waals surface area contributed by atoms with Crippen LogP contribution in [0, 0.1) is 0 Å². The molecule has 2 N–H and O–H groups in total. The third kappa shape index (κ3) is 3.94. The topological polar surface area (TPSA) is 57.5 Å². The largest absolute Gasteiger partial charge is 0.337 e. The Morgan fingerprint density at radius 3 is 2.80 bits per heavy atom. The molecule has 0 aliphatic carbocycles. The van der Waals surface area contributed by atoms with Crippen molar-refractivity contribution >= 4 is 40.2 Å². The first kappa shape index (κ1) is 17.3. The van der Waals surface area contributed by atoms with Gasteiger partial charge in [-0.15, -0.1) is 11.8 Å². The van der Waals surface area contributed by atoms with E-state index >= 15 is 0 Å². The first-order valence-electron chi connectivity index (χ1n) is 7.91. The van der Waals surface area contributed by atoms with E-state index in [1.165, 1.54) is 5.57 Å². The number of hydrazine groups is 1. The average Bonchev–Trinajstić information content (AvgIpc) is 3.00. The molecular formula is C18H22N6S. The van der Waals surface area contributed by atoms with Gasteiger partial charge in [0.1, 0.15) is 0 Å². The number of imidazole rings is 1. The zero-order chi connectivity index (χ0) is 17.8. The lowest BCUT2D eigenvalue weighted by atomic mass is 10.2. The van der Waals surface area contributed by atoms with Crippen molar-refractivity contribution in [2.45, 2.75) is 6.92 Å². The number of anilines is 3. The Hall–Kier alpha value is -2.51. The van der Waals surface area contributed by atoms with Gasteiger partial charge >= 0.3 is 0 Å². The number of nitrogens with zero attached hydrogens (tertiary/aromatic N) is 4. The van der Waals surface area contributed by atoms with Gasteiger partial charge in [0, 0.05) is 32.2 Å². The van der Waals surface area contributed by atoms with Crippen molar-refractivity contribution in [3.63, 3.8) is 0 Å². The Balaban J connectivity index is 1.94. The van der Waals surface area contributed by atoms with Crippen LogP contribution in [0.15, 0.2) is 48.3 Å². The van der Waals surface area contributed by atoms with Gasteiger partial charge in [-0.1, -0.05) is 6.07 Å². The van der Waals surface area contributed by atoms with Crippen molar-refractivity contribution < 1.29 is 0 Å². The maximum atomic E-state index is 4.55. The molecule has 1 aromatic carbocycles. The van der Waals surface area contributed by atoms with Crippen molar-refractivity contribution in [1.82, 2.24) is 19.4 Å². The highest BCUT2D eigenvalue weighted by Gasteiger charge is 2.10. The summed E-state index contributed by atoms with van der Waals surface area (Å²) in [5.41, 5.74) is 8.25. The normalized spacial score (nSPS) is 12.0. The molecule has 0 aliphatic rings. The maximum absolute atomic E-state index is 4.55. The standard InChI is InChI=1S/C18H22N6S/c1-13(12-25-4)16-11-20-18-17(19-8-9-24(16)18)21-14-6-5-7-15(10-14)22-23(2)3/h5-12,22H,1-4H3,(H,19,21)/b13-12+. The van der Waals surface area contributed by atoms with Crippen molar-refractivity contribution in [3.8, 4) is 0 Å². The number of fused-ring (bicyclic) bond motifs is 1. The summed E-state index contributed by atoms with van der Waals surface area (Å²) in [6, 6.07) is 8.06. The molecule has 25 heavy (non-hydrogen) atoms. The molecule has 3 rings (SSSR count). The Morgan fingerprint density at radius 2 is 2.04 bits per heavy atom. The third-order valence-corrected chi connectivity index (χ3v) is 4.19. The first-order chi connectivity index (χ1) is 12.1. The van der Waals surface area contributed by atoms with Crippen LogP contribution in [0.5, 0.6) is 0 Å². The Kier molecular flexibility index (Phi) is 5.25. The predicted octanol–water partition coefficient (Wildman–Crippen LogP) is 4.09. The molecule has 0 radical (unpaired) electrons. The van der Waals surface area contributed by atoms with Crippen LogP contribution >= 0.6 is 11.8 Å². The summed E-state index contributed by atoms with van der Waals surface area (Å²) in [5.74, 6) is 0.729. The highest BCUT2D eigenvalue weighted by Crippen LogP contribution is 2.24. The van der Waals surface area contributed by atoms with Gasteiger partial charge in [-0.25, -0.2) is 15.0 Å². The number of hydrogen-bond acceptors (Lipinski definition) is 6. The van der Waals surface area contributed by atoms with Gasteiger partial charge in [-0.3, -0.25) is 4.40 Å². The second-order valence-electron chi connectivity index (χ2n) is 5.86. The lowest BCUT2D eigenvalue weighted by Gasteiger charge is -2.14. The molecule has 6 nitrogen and oxygen atoms in total. The fraction of sp³-hybridized carbons (Fsp3) is 0.222. The van der Waals surface area contributed by atoms with Crippen LogP contribution in [0.4, 0.5) is 17.2 Å². The summed E-state index contributed by atoms with van der Waals surface area (Å²) in [7, 11) is 3.91. The second kappa shape index (κ2) is 7.58. The Morgan fingerprint density at radius 1 is 1.24 bits per heavy atom. The van der Waals surface area contributed by atoms with Crippen LogP contribution in [0.2, 0.25) is 0 Å². The smallest absolute Gasteiger partial charge is 0.180 e. The Labute approximate surface area is 151 Å². The molecule has 0 amide bonds. The highest BCUT2D eigenvalue weighted by molar-refractivity contribution is 8.01. The van der Waals surface area contributed by atoms with E-state index in [9.17, 15) is 0 Å². The summed E-state index contributed by atoms with van der Waals surface area (Å²) in [4.78, 5) is 9.01. The number of aromatic nitrogens is 3. The van der Waals surface area contributed by atoms with Crippen LogP contribution < -0.4 is 10.7 Å². The molecular weight excluding hydrogens is 332 g/mol. The average molecular weight is 354 g/mol. The summed E-state index contributed by atoms with van der Waals surface area (Å²) in [6.45, 7) is 2.09. The van der Waals surface area contributed by atoms with E-state index in [0.717, 1.165) is 28.5 Å². The van der Waals surface area contributed by atoms with Crippen molar-refractivity contribution in [3.05, 3.63) is 54.0 Å². The zero-order valence-corrected chi connectivity index (χ0v) is 15.6. The molecule has 0 atom stereocenters. The van der Waals surface area contributed by atoms with E-state index in [1.54, 1.807) is 18.0 Å². The predicted molar refractivity (Wildman–Crippen MR) is 107 cm³/mol. The lowest BCUT2D eigenvalue weighted by Crippen LogP contribution is -2.19. The molecule has 0 fully saturated rings. The van der Waals surface area contributed by atoms with Gasteiger partial charge in [-0.2, -0.15) is 0 Å². The van der Waals surface area contributed by atoms with Crippen LogP contribution in [-0.2, 0) is 0 Å². The molecule has 0 aliphatic heterocycles. The minimum Gasteiger partial charge on any atom is -0.337 e. The number of benzene rings is 1. The van der Waals surface area contributed by atoms with Crippen molar-refractivity contribution in [2.75, 3.05) is 31.1 Å². The van der Waals surface area contributed by atoms with E-state index in [1.807, 2.05) is 55.8 Å². The quantitative estimate of drug-likeness (QED) is 0.651. The SMILES string of the molecule is CS/C=C(\C)c1cnc2c(Nc3cccc(NN(C)C)c3)nccn12. The molecule has 0 saturated carbocycles. The monoisotopic (exact) mass is 354 g/mol. The van der Waals surface area contributed by atoms with E-state index < -0.39 is 0 Å². The fourth-order valence-corrected chi connectivity index (χ4v) is 3.07.